The lowest BCUT2D eigenvalue weighted by molar-refractivity contribution is -0.132. The minimum Gasteiger partial charge on any atom is -0.352 e. The zero-order chi connectivity index (χ0) is 16.8. The molecule has 2 aliphatic rings. The Morgan fingerprint density at radius 2 is 1.84 bits per heavy atom. The molecular formula is C19H28ClN3O2. The quantitative estimate of drug-likeness (QED) is 0.837. The molecule has 1 unspecified atom stereocenters. The number of nitrogens with one attached hydrogen (secondary N) is 2. The van der Waals surface area contributed by atoms with Crippen LogP contribution in [0.3, 0.4) is 0 Å². The highest BCUT2D eigenvalue weighted by atomic mass is 35.5. The van der Waals surface area contributed by atoms with Gasteiger partial charge in [0.05, 0.1) is 6.04 Å². The minimum absolute atomic E-state index is 0. The predicted octanol–water partition coefficient (Wildman–Crippen LogP) is 1.90. The van der Waals surface area contributed by atoms with Crippen LogP contribution in [-0.2, 0) is 16.0 Å². The first-order valence-corrected chi connectivity index (χ1v) is 9.08. The van der Waals surface area contributed by atoms with E-state index in [1.54, 1.807) is 0 Å². The van der Waals surface area contributed by atoms with Crippen molar-refractivity contribution < 1.29 is 9.59 Å². The number of benzene rings is 1. The van der Waals surface area contributed by atoms with Crippen LogP contribution in [0.25, 0.3) is 0 Å². The van der Waals surface area contributed by atoms with E-state index < -0.39 is 0 Å². The Bertz CT molecular complexity index is 553. The molecule has 0 radical (unpaired) electrons. The fourth-order valence-corrected chi connectivity index (χ4v) is 3.54. The lowest BCUT2D eigenvalue weighted by Gasteiger charge is -2.33. The Hall–Kier alpha value is -1.59. The molecule has 2 heterocycles. The molecule has 0 aromatic heterocycles. The van der Waals surface area contributed by atoms with E-state index >= 15 is 0 Å². The zero-order valence-corrected chi connectivity index (χ0v) is 15.4. The van der Waals surface area contributed by atoms with Gasteiger partial charge in [-0.2, -0.15) is 0 Å². The molecule has 1 atom stereocenters. The van der Waals surface area contributed by atoms with Crippen molar-refractivity contribution in [2.75, 3.05) is 19.6 Å². The zero-order valence-electron chi connectivity index (χ0n) is 14.6. The van der Waals surface area contributed by atoms with E-state index in [2.05, 4.69) is 22.8 Å². The van der Waals surface area contributed by atoms with E-state index in [0.717, 1.165) is 51.7 Å². The van der Waals surface area contributed by atoms with Crippen molar-refractivity contribution in [1.82, 2.24) is 15.5 Å². The smallest absolute Gasteiger partial charge is 0.237 e. The summed E-state index contributed by atoms with van der Waals surface area (Å²) >= 11 is 0. The average Bonchev–Trinajstić information content (AvgIpc) is 3.16. The molecule has 0 aliphatic carbocycles. The Balaban J connectivity index is 0.00000225. The first-order valence-electron chi connectivity index (χ1n) is 9.08. The molecular weight excluding hydrogens is 338 g/mol. The van der Waals surface area contributed by atoms with Gasteiger partial charge in [0.25, 0.3) is 0 Å². The van der Waals surface area contributed by atoms with Crippen LogP contribution in [0.1, 0.15) is 37.7 Å². The van der Waals surface area contributed by atoms with E-state index in [9.17, 15) is 9.59 Å². The summed E-state index contributed by atoms with van der Waals surface area (Å²) in [5.74, 6) is 0.349. The van der Waals surface area contributed by atoms with Gasteiger partial charge in [-0.1, -0.05) is 30.3 Å². The van der Waals surface area contributed by atoms with Crippen molar-refractivity contribution in [1.29, 1.82) is 0 Å². The number of nitrogens with zero attached hydrogens (tertiary/aromatic N) is 1. The molecule has 0 spiro atoms. The van der Waals surface area contributed by atoms with Gasteiger partial charge in [0.2, 0.25) is 11.8 Å². The number of amides is 2. The summed E-state index contributed by atoms with van der Waals surface area (Å²) in [6.07, 6.45) is 5.08. The molecule has 1 aromatic carbocycles. The fourth-order valence-electron chi connectivity index (χ4n) is 3.54. The molecule has 6 heteroatoms. The van der Waals surface area contributed by atoms with Crippen molar-refractivity contribution in [2.45, 2.75) is 50.6 Å². The highest BCUT2D eigenvalue weighted by Crippen LogP contribution is 2.14. The molecule has 0 bridgehead atoms. The van der Waals surface area contributed by atoms with Crippen LogP contribution in [0.4, 0.5) is 0 Å². The van der Waals surface area contributed by atoms with Crippen LogP contribution in [0.5, 0.6) is 0 Å². The Morgan fingerprint density at radius 3 is 2.48 bits per heavy atom. The molecule has 0 saturated carbocycles. The molecule has 2 aliphatic heterocycles. The third-order valence-electron chi connectivity index (χ3n) is 5.04. The summed E-state index contributed by atoms with van der Waals surface area (Å²) in [5, 5.41) is 6.37. The van der Waals surface area contributed by atoms with Crippen LogP contribution in [-0.4, -0.2) is 48.4 Å². The molecule has 138 valence electrons. The number of aryl methyl sites for hydroxylation is 1. The number of carbonyl (C=O) groups is 2. The van der Waals surface area contributed by atoms with Crippen molar-refractivity contribution in [3.8, 4) is 0 Å². The summed E-state index contributed by atoms with van der Waals surface area (Å²) in [6, 6.07) is 10.3. The summed E-state index contributed by atoms with van der Waals surface area (Å²) < 4.78 is 0. The molecule has 2 amide bonds. The van der Waals surface area contributed by atoms with E-state index in [1.165, 1.54) is 5.56 Å². The molecule has 5 nitrogen and oxygen atoms in total. The van der Waals surface area contributed by atoms with E-state index in [0.29, 0.717) is 6.42 Å². The Morgan fingerprint density at radius 1 is 1.12 bits per heavy atom. The highest BCUT2D eigenvalue weighted by molar-refractivity contribution is 5.85. The third-order valence-corrected chi connectivity index (χ3v) is 5.04. The Kier molecular flexibility index (Phi) is 7.72. The van der Waals surface area contributed by atoms with Crippen LogP contribution < -0.4 is 10.6 Å². The monoisotopic (exact) mass is 365 g/mol. The number of halogens is 1. The minimum atomic E-state index is -0.0180. The third kappa shape index (κ3) is 5.72. The molecule has 2 saturated heterocycles. The van der Waals surface area contributed by atoms with E-state index in [1.807, 2.05) is 23.1 Å². The van der Waals surface area contributed by atoms with E-state index in [4.69, 9.17) is 0 Å². The van der Waals surface area contributed by atoms with E-state index in [-0.39, 0.29) is 36.3 Å². The van der Waals surface area contributed by atoms with Crippen molar-refractivity contribution in [3.63, 3.8) is 0 Å². The first-order chi connectivity index (χ1) is 11.7. The average molecular weight is 366 g/mol. The topological polar surface area (TPSA) is 61.4 Å². The van der Waals surface area contributed by atoms with Gasteiger partial charge in [-0.3, -0.25) is 9.59 Å². The standard InChI is InChI=1S/C19H27N3O2.ClH/c23-18(9-8-15-5-2-1-3-6-15)22-13-10-16(11-14-22)21-19(24)17-7-4-12-20-17;/h1-3,5-6,16-17,20H,4,7-14H2,(H,21,24);1H. The molecule has 25 heavy (non-hydrogen) atoms. The fraction of sp³-hybridized carbons (Fsp3) is 0.579. The molecule has 2 fully saturated rings. The van der Waals surface area contributed by atoms with Crippen LogP contribution in [0.15, 0.2) is 30.3 Å². The lowest BCUT2D eigenvalue weighted by Crippen LogP contribution is -2.50. The second kappa shape index (κ2) is 9.78. The molecule has 2 N–H and O–H groups in total. The largest absolute Gasteiger partial charge is 0.352 e. The SMILES string of the molecule is Cl.O=C(NC1CCN(C(=O)CCc2ccccc2)CC1)C1CCCN1. The second-order valence-corrected chi connectivity index (χ2v) is 6.80. The number of likely N-dealkylation sites (tertiary alicyclic amines) is 1. The van der Waals surface area contributed by atoms with Crippen molar-refractivity contribution >= 4 is 24.2 Å². The number of hydrogen-bond acceptors (Lipinski definition) is 3. The first kappa shape index (κ1) is 19.7. The summed E-state index contributed by atoms with van der Waals surface area (Å²) in [5.41, 5.74) is 1.21. The number of rotatable bonds is 5. The normalized spacial score (nSPS) is 20.8. The van der Waals surface area contributed by atoms with Gasteiger partial charge in [0.15, 0.2) is 0 Å². The second-order valence-electron chi connectivity index (χ2n) is 6.80. The number of hydrogen-bond donors (Lipinski definition) is 2. The number of carbonyl (C=O) groups excluding carboxylic acids is 2. The summed E-state index contributed by atoms with van der Waals surface area (Å²) in [6.45, 7) is 2.43. The molecule has 1 aromatic rings. The van der Waals surface area contributed by atoms with Crippen molar-refractivity contribution in [2.24, 2.45) is 0 Å². The van der Waals surface area contributed by atoms with Gasteiger partial charge < -0.3 is 15.5 Å². The van der Waals surface area contributed by atoms with Gasteiger partial charge in [-0.15, -0.1) is 12.4 Å². The maximum Gasteiger partial charge on any atom is 0.237 e. The van der Waals surface area contributed by atoms with Crippen molar-refractivity contribution in [3.05, 3.63) is 35.9 Å². The summed E-state index contributed by atoms with van der Waals surface area (Å²) in [4.78, 5) is 26.4. The van der Waals surface area contributed by atoms with Crippen LogP contribution >= 0.6 is 12.4 Å². The maximum absolute atomic E-state index is 12.3. The van der Waals surface area contributed by atoms with Crippen LogP contribution in [0, 0.1) is 0 Å². The van der Waals surface area contributed by atoms with Gasteiger partial charge >= 0.3 is 0 Å². The number of piperidine rings is 1. The highest BCUT2D eigenvalue weighted by Gasteiger charge is 2.27. The summed E-state index contributed by atoms with van der Waals surface area (Å²) in [7, 11) is 0. The van der Waals surface area contributed by atoms with Gasteiger partial charge in [-0.25, -0.2) is 0 Å². The van der Waals surface area contributed by atoms with Gasteiger partial charge in [0.1, 0.15) is 0 Å². The Labute approximate surface area is 155 Å². The van der Waals surface area contributed by atoms with Gasteiger partial charge in [0, 0.05) is 25.6 Å². The lowest BCUT2D eigenvalue weighted by atomic mass is 10.0. The van der Waals surface area contributed by atoms with Crippen LogP contribution in [0.2, 0.25) is 0 Å². The maximum atomic E-state index is 12.3. The predicted molar refractivity (Wildman–Crippen MR) is 101 cm³/mol. The van der Waals surface area contributed by atoms with Gasteiger partial charge in [-0.05, 0) is 44.2 Å². The molecule has 3 rings (SSSR count).